The van der Waals surface area contributed by atoms with Crippen LogP contribution in [0.3, 0.4) is 0 Å². The van der Waals surface area contributed by atoms with Crippen molar-refractivity contribution in [2.24, 2.45) is 0 Å². The van der Waals surface area contributed by atoms with Crippen LogP contribution >= 0.6 is 23.4 Å². The Hall–Kier alpha value is -1.85. The highest BCUT2D eigenvalue weighted by molar-refractivity contribution is 7.99. The summed E-state index contributed by atoms with van der Waals surface area (Å²) in [6, 6.07) is 9.78. The van der Waals surface area contributed by atoms with E-state index >= 15 is 0 Å². The van der Waals surface area contributed by atoms with Gasteiger partial charge in [-0.25, -0.2) is 0 Å². The second-order valence-corrected chi connectivity index (χ2v) is 6.58. The molecule has 0 saturated heterocycles. The standard InChI is InChI=1S/C17H17ClN4S/c1-3-11-23-17-21-20-16(13-7-9-19-10-8-13)22(17)15-6-4-5-14(18)12(15)2/h4-10H,3,11H2,1-2H3. The van der Waals surface area contributed by atoms with Crippen LogP contribution in [0.2, 0.25) is 5.02 Å². The molecule has 0 aliphatic rings. The Labute approximate surface area is 144 Å². The summed E-state index contributed by atoms with van der Waals surface area (Å²) in [7, 11) is 0. The zero-order valence-corrected chi connectivity index (χ0v) is 14.6. The SMILES string of the molecule is CCCSc1nnc(-c2ccncc2)n1-c1cccc(Cl)c1C. The predicted molar refractivity (Wildman–Crippen MR) is 95.4 cm³/mol. The van der Waals surface area contributed by atoms with E-state index < -0.39 is 0 Å². The van der Waals surface area contributed by atoms with E-state index in [-0.39, 0.29) is 0 Å². The average molecular weight is 345 g/mol. The van der Waals surface area contributed by atoms with Crippen LogP contribution in [-0.2, 0) is 0 Å². The average Bonchev–Trinajstić information content (AvgIpc) is 3.00. The van der Waals surface area contributed by atoms with Gasteiger partial charge in [-0.05, 0) is 43.2 Å². The van der Waals surface area contributed by atoms with Crippen molar-refractivity contribution in [3.05, 3.63) is 53.3 Å². The molecule has 23 heavy (non-hydrogen) atoms. The molecule has 0 unspecified atom stereocenters. The van der Waals surface area contributed by atoms with E-state index in [1.54, 1.807) is 24.2 Å². The molecule has 0 saturated carbocycles. The third-order valence-electron chi connectivity index (χ3n) is 3.49. The lowest BCUT2D eigenvalue weighted by atomic mass is 10.2. The normalized spacial score (nSPS) is 10.9. The van der Waals surface area contributed by atoms with E-state index in [1.165, 1.54) is 0 Å². The van der Waals surface area contributed by atoms with Gasteiger partial charge in [-0.3, -0.25) is 9.55 Å². The molecule has 0 bridgehead atoms. The van der Waals surface area contributed by atoms with E-state index in [2.05, 4.69) is 26.7 Å². The van der Waals surface area contributed by atoms with Gasteiger partial charge in [0, 0.05) is 28.7 Å². The summed E-state index contributed by atoms with van der Waals surface area (Å²) in [4.78, 5) is 4.08. The first-order chi connectivity index (χ1) is 11.2. The van der Waals surface area contributed by atoms with Crippen LogP contribution in [0.5, 0.6) is 0 Å². The molecule has 0 amide bonds. The number of thioether (sulfide) groups is 1. The third kappa shape index (κ3) is 3.26. The van der Waals surface area contributed by atoms with Gasteiger partial charge in [0.2, 0.25) is 0 Å². The maximum atomic E-state index is 6.31. The maximum Gasteiger partial charge on any atom is 0.196 e. The number of hydrogen-bond donors (Lipinski definition) is 0. The zero-order chi connectivity index (χ0) is 16.2. The highest BCUT2D eigenvalue weighted by atomic mass is 35.5. The largest absolute Gasteiger partial charge is 0.270 e. The lowest BCUT2D eigenvalue weighted by Gasteiger charge is -2.13. The molecule has 0 N–H and O–H groups in total. The maximum absolute atomic E-state index is 6.31. The zero-order valence-electron chi connectivity index (χ0n) is 13.0. The summed E-state index contributed by atoms with van der Waals surface area (Å²) in [5.74, 6) is 1.80. The molecular formula is C17H17ClN4S. The van der Waals surface area contributed by atoms with Crippen molar-refractivity contribution in [3.63, 3.8) is 0 Å². The fourth-order valence-electron chi connectivity index (χ4n) is 2.30. The van der Waals surface area contributed by atoms with Crippen LogP contribution in [-0.4, -0.2) is 25.5 Å². The lowest BCUT2D eigenvalue weighted by Crippen LogP contribution is -2.02. The fourth-order valence-corrected chi connectivity index (χ4v) is 3.27. The quantitative estimate of drug-likeness (QED) is 0.624. The second-order valence-electron chi connectivity index (χ2n) is 5.11. The highest BCUT2D eigenvalue weighted by Gasteiger charge is 2.18. The Morgan fingerprint density at radius 1 is 1.13 bits per heavy atom. The molecule has 0 fully saturated rings. The molecule has 118 valence electrons. The van der Waals surface area contributed by atoms with Gasteiger partial charge >= 0.3 is 0 Å². The molecule has 0 atom stereocenters. The molecule has 3 aromatic rings. The second kappa shape index (κ2) is 7.15. The minimum absolute atomic E-state index is 0.739. The summed E-state index contributed by atoms with van der Waals surface area (Å²) in [5.41, 5.74) is 3.01. The topological polar surface area (TPSA) is 43.6 Å². The highest BCUT2D eigenvalue weighted by Crippen LogP contribution is 2.31. The molecule has 3 rings (SSSR count). The summed E-state index contributed by atoms with van der Waals surface area (Å²) in [6.45, 7) is 4.17. The number of benzene rings is 1. The molecule has 4 nitrogen and oxygen atoms in total. The number of hydrogen-bond acceptors (Lipinski definition) is 4. The van der Waals surface area contributed by atoms with Gasteiger partial charge in [0.15, 0.2) is 11.0 Å². The number of nitrogens with zero attached hydrogens (tertiary/aromatic N) is 4. The van der Waals surface area contributed by atoms with Crippen molar-refractivity contribution in [2.45, 2.75) is 25.4 Å². The van der Waals surface area contributed by atoms with Gasteiger partial charge in [-0.2, -0.15) is 0 Å². The van der Waals surface area contributed by atoms with Crippen LogP contribution in [0, 0.1) is 6.92 Å². The summed E-state index contributed by atoms with van der Waals surface area (Å²) in [6.07, 6.45) is 4.60. The van der Waals surface area contributed by atoms with Crippen molar-refractivity contribution >= 4 is 23.4 Å². The van der Waals surface area contributed by atoms with E-state index in [0.29, 0.717) is 0 Å². The van der Waals surface area contributed by atoms with Crippen molar-refractivity contribution in [1.29, 1.82) is 0 Å². The minimum atomic E-state index is 0.739. The van der Waals surface area contributed by atoms with Gasteiger partial charge in [-0.15, -0.1) is 10.2 Å². The van der Waals surface area contributed by atoms with Crippen LogP contribution < -0.4 is 0 Å². The molecule has 0 aliphatic heterocycles. The summed E-state index contributed by atoms with van der Waals surface area (Å²) < 4.78 is 2.08. The lowest BCUT2D eigenvalue weighted by molar-refractivity contribution is 0.878. The predicted octanol–water partition coefficient (Wildman–Crippen LogP) is 4.79. The smallest absolute Gasteiger partial charge is 0.196 e. The van der Waals surface area contributed by atoms with Gasteiger partial charge < -0.3 is 0 Å². The molecular weight excluding hydrogens is 328 g/mol. The molecule has 2 heterocycles. The van der Waals surface area contributed by atoms with Crippen LogP contribution in [0.15, 0.2) is 47.9 Å². The molecule has 1 aromatic carbocycles. The Morgan fingerprint density at radius 2 is 1.91 bits per heavy atom. The summed E-state index contributed by atoms with van der Waals surface area (Å²) >= 11 is 8.02. The van der Waals surface area contributed by atoms with Crippen molar-refractivity contribution in [3.8, 4) is 17.1 Å². The van der Waals surface area contributed by atoms with Crippen molar-refractivity contribution < 1.29 is 0 Å². The molecule has 6 heteroatoms. The van der Waals surface area contributed by atoms with Gasteiger partial charge in [0.1, 0.15) is 0 Å². The molecule has 0 aliphatic carbocycles. The van der Waals surface area contributed by atoms with Gasteiger partial charge in [0.05, 0.1) is 5.69 Å². The van der Waals surface area contributed by atoms with E-state index in [1.807, 2.05) is 37.3 Å². The first-order valence-electron chi connectivity index (χ1n) is 7.46. The monoisotopic (exact) mass is 344 g/mol. The van der Waals surface area contributed by atoms with Crippen molar-refractivity contribution in [1.82, 2.24) is 19.7 Å². The van der Waals surface area contributed by atoms with Crippen molar-refractivity contribution in [2.75, 3.05) is 5.75 Å². The van der Waals surface area contributed by atoms with E-state index in [4.69, 9.17) is 11.6 Å². The van der Waals surface area contributed by atoms with Gasteiger partial charge in [-0.1, -0.05) is 36.4 Å². The Balaban J connectivity index is 2.19. The number of pyridine rings is 1. The molecule has 2 aromatic heterocycles. The van der Waals surface area contributed by atoms with Gasteiger partial charge in [0.25, 0.3) is 0 Å². The van der Waals surface area contributed by atoms with Crippen LogP contribution in [0.1, 0.15) is 18.9 Å². The third-order valence-corrected chi connectivity index (χ3v) is 5.03. The Kier molecular flexibility index (Phi) is 4.98. The summed E-state index contributed by atoms with van der Waals surface area (Å²) in [5, 5.41) is 10.4. The number of rotatable bonds is 5. The number of halogens is 1. The van der Waals surface area contributed by atoms with E-state index in [0.717, 1.165) is 45.0 Å². The first kappa shape index (κ1) is 16.0. The molecule has 0 radical (unpaired) electrons. The fraction of sp³-hybridized carbons (Fsp3) is 0.235. The van der Waals surface area contributed by atoms with Crippen LogP contribution in [0.4, 0.5) is 0 Å². The van der Waals surface area contributed by atoms with Crippen LogP contribution in [0.25, 0.3) is 17.1 Å². The van der Waals surface area contributed by atoms with E-state index in [9.17, 15) is 0 Å². The molecule has 0 spiro atoms. The Bertz CT molecular complexity index is 802. The first-order valence-corrected chi connectivity index (χ1v) is 8.82. The minimum Gasteiger partial charge on any atom is -0.270 e. The Morgan fingerprint density at radius 3 is 2.65 bits per heavy atom. The number of aromatic nitrogens is 4.